The van der Waals surface area contributed by atoms with Gasteiger partial charge >= 0.3 is 0 Å². The first-order valence-corrected chi connectivity index (χ1v) is 10.4. The van der Waals surface area contributed by atoms with Gasteiger partial charge in [-0.3, -0.25) is 9.79 Å². The van der Waals surface area contributed by atoms with Crippen molar-refractivity contribution < 1.29 is 4.79 Å². The quantitative estimate of drug-likeness (QED) is 0.546. The van der Waals surface area contributed by atoms with Crippen molar-refractivity contribution in [3.05, 3.63) is 30.1 Å². The molecule has 150 valence electrons. The number of aromatic nitrogens is 2. The largest absolute Gasteiger partial charge is 0.356 e. The van der Waals surface area contributed by atoms with E-state index in [1.54, 1.807) is 7.05 Å². The van der Waals surface area contributed by atoms with Crippen LogP contribution in [0, 0.1) is 5.92 Å². The van der Waals surface area contributed by atoms with Crippen LogP contribution in [0.2, 0.25) is 0 Å². The standard InChI is InChI=1S/C21H30N6O/c1-22-21(23-12-10-19-25-17-8-4-5-9-18(17)26-19)24-16-11-13-27(14-16)20(28)15-6-2-3-7-15/h4-5,8-9,15-16H,2-3,6-7,10-14H2,1H3,(H,25,26)(H2,22,23,24). The van der Waals surface area contributed by atoms with Gasteiger partial charge in [-0.2, -0.15) is 0 Å². The first-order valence-electron chi connectivity index (χ1n) is 10.4. The molecule has 0 bridgehead atoms. The third kappa shape index (κ3) is 4.29. The summed E-state index contributed by atoms with van der Waals surface area (Å²) in [5, 5.41) is 6.83. The number of rotatable bonds is 5. The molecule has 1 aliphatic heterocycles. The third-order valence-corrected chi connectivity index (χ3v) is 5.86. The number of nitrogens with one attached hydrogen (secondary N) is 3. The Morgan fingerprint density at radius 1 is 1.29 bits per heavy atom. The Balaban J connectivity index is 1.23. The number of aromatic amines is 1. The number of imidazole rings is 1. The van der Waals surface area contributed by atoms with E-state index in [4.69, 9.17) is 0 Å². The predicted octanol–water partition coefficient (Wildman–Crippen LogP) is 2.06. The molecule has 2 heterocycles. The van der Waals surface area contributed by atoms with Crippen molar-refractivity contribution in [2.45, 2.75) is 44.6 Å². The van der Waals surface area contributed by atoms with E-state index < -0.39 is 0 Å². The lowest BCUT2D eigenvalue weighted by Crippen LogP contribution is -2.45. The zero-order valence-corrected chi connectivity index (χ0v) is 16.6. The van der Waals surface area contributed by atoms with Crippen molar-refractivity contribution in [1.29, 1.82) is 0 Å². The van der Waals surface area contributed by atoms with E-state index in [2.05, 4.69) is 25.6 Å². The van der Waals surface area contributed by atoms with Crippen LogP contribution in [0.4, 0.5) is 0 Å². The van der Waals surface area contributed by atoms with Crippen LogP contribution >= 0.6 is 0 Å². The number of nitrogens with zero attached hydrogens (tertiary/aromatic N) is 3. The second-order valence-electron chi connectivity index (χ2n) is 7.85. The average Bonchev–Trinajstić information content (AvgIpc) is 3.46. The van der Waals surface area contributed by atoms with Gasteiger partial charge in [0.25, 0.3) is 0 Å². The molecule has 7 heteroatoms. The van der Waals surface area contributed by atoms with Gasteiger partial charge in [-0.05, 0) is 31.4 Å². The Morgan fingerprint density at radius 2 is 2.11 bits per heavy atom. The zero-order valence-electron chi connectivity index (χ0n) is 16.6. The highest BCUT2D eigenvalue weighted by Gasteiger charge is 2.32. The van der Waals surface area contributed by atoms with E-state index in [9.17, 15) is 4.79 Å². The van der Waals surface area contributed by atoms with Gasteiger partial charge in [0.05, 0.1) is 11.0 Å². The van der Waals surface area contributed by atoms with E-state index in [0.29, 0.717) is 5.91 Å². The van der Waals surface area contributed by atoms with Gasteiger partial charge in [-0.15, -0.1) is 0 Å². The minimum Gasteiger partial charge on any atom is -0.356 e. The number of aliphatic imine (C=N–C) groups is 1. The molecule has 1 atom stereocenters. The molecule has 0 spiro atoms. The van der Waals surface area contributed by atoms with Crippen LogP contribution in [-0.2, 0) is 11.2 Å². The maximum atomic E-state index is 12.6. The van der Waals surface area contributed by atoms with Gasteiger partial charge in [0.1, 0.15) is 5.82 Å². The summed E-state index contributed by atoms with van der Waals surface area (Å²) >= 11 is 0. The number of benzene rings is 1. The fourth-order valence-corrected chi connectivity index (χ4v) is 4.32. The fraction of sp³-hybridized carbons (Fsp3) is 0.571. The van der Waals surface area contributed by atoms with E-state index in [-0.39, 0.29) is 12.0 Å². The Kier molecular flexibility index (Phi) is 5.78. The number of para-hydroxylation sites is 2. The minimum atomic E-state index is 0.264. The summed E-state index contributed by atoms with van der Waals surface area (Å²) < 4.78 is 0. The molecule has 0 radical (unpaired) electrons. The smallest absolute Gasteiger partial charge is 0.225 e. The topological polar surface area (TPSA) is 85.4 Å². The van der Waals surface area contributed by atoms with Crippen molar-refractivity contribution in [3.8, 4) is 0 Å². The Hall–Kier alpha value is -2.57. The lowest BCUT2D eigenvalue weighted by molar-refractivity contribution is -0.134. The van der Waals surface area contributed by atoms with Crippen LogP contribution in [-0.4, -0.2) is 59.5 Å². The van der Waals surface area contributed by atoms with Crippen LogP contribution in [0.1, 0.15) is 37.9 Å². The number of amides is 1. The van der Waals surface area contributed by atoms with Crippen molar-refractivity contribution in [2.75, 3.05) is 26.7 Å². The molecule has 1 aromatic heterocycles. The zero-order chi connectivity index (χ0) is 19.3. The summed E-state index contributed by atoms with van der Waals surface area (Å²) in [7, 11) is 1.78. The van der Waals surface area contributed by atoms with Crippen molar-refractivity contribution in [1.82, 2.24) is 25.5 Å². The number of hydrogen-bond acceptors (Lipinski definition) is 3. The lowest BCUT2D eigenvalue weighted by Gasteiger charge is -2.21. The Morgan fingerprint density at radius 3 is 2.89 bits per heavy atom. The average molecular weight is 383 g/mol. The lowest BCUT2D eigenvalue weighted by atomic mass is 10.1. The molecule has 3 N–H and O–H groups in total. The number of H-pyrrole nitrogens is 1. The van der Waals surface area contributed by atoms with Gasteiger partial charge in [-0.25, -0.2) is 4.98 Å². The summed E-state index contributed by atoms with van der Waals surface area (Å²) in [6.07, 6.45) is 6.31. The van der Waals surface area contributed by atoms with Gasteiger partial charge in [0.15, 0.2) is 5.96 Å². The van der Waals surface area contributed by atoms with Crippen LogP contribution in [0.25, 0.3) is 11.0 Å². The summed E-state index contributed by atoms with van der Waals surface area (Å²) in [6.45, 7) is 2.37. The highest BCUT2D eigenvalue weighted by atomic mass is 16.2. The molecule has 2 fully saturated rings. The Bertz CT molecular complexity index is 805. The predicted molar refractivity (Wildman–Crippen MR) is 111 cm³/mol. The van der Waals surface area contributed by atoms with Crippen LogP contribution in [0.5, 0.6) is 0 Å². The molecule has 7 nitrogen and oxygen atoms in total. The number of guanidine groups is 1. The van der Waals surface area contributed by atoms with Crippen LogP contribution < -0.4 is 10.6 Å². The second kappa shape index (κ2) is 8.63. The number of carbonyl (C=O) groups excluding carboxylic acids is 1. The molecule has 1 aliphatic carbocycles. The molecule has 1 amide bonds. The molecule has 1 unspecified atom stereocenters. The molecule has 1 saturated heterocycles. The van der Waals surface area contributed by atoms with E-state index in [1.807, 2.05) is 29.2 Å². The SMILES string of the molecule is CN=C(NCCc1nc2ccccc2[nH]1)NC1CCN(C(=O)C2CCCC2)C1. The summed E-state index contributed by atoms with van der Waals surface area (Å²) in [5.41, 5.74) is 2.07. The molecule has 1 saturated carbocycles. The fourth-order valence-electron chi connectivity index (χ4n) is 4.32. The molecule has 1 aromatic carbocycles. The van der Waals surface area contributed by atoms with Gasteiger partial charge in [-0.1, -0.05) is 25.0 Å². The molecule has 2 aromatic rings. The second-order valence-corrected chi connectivity index (χ2v) is 7.85. The summed E-state index contributed by atoms with van der Waals surface area (Å²) in [4.78, 5) is 26.9. The van der Waals surface area contributed by atoms with E-state index >= 15 is 0 Å². The summed E-state index contributed by atoms with van der Waals surface area (Å²) in [5.74, 6) is 2.38. The monoisotopic (exact) mass is 382 g/mol. The van der Waals surface area contributed by atoms with E-state index in [0.717, 1.165) is 68.1 Å². The van der Waals surface area contributed by atoms with Gasteiger partial charge in [0.2, 0.25) is 5.91 Å². The number of carbonyl (C=O) groups is 1. The normalized spacial score (nSPS) is 20.8. The van der Waals surface area contributed by atoms with Crippen molar-refractivity contribution in [3.63, 3.8) is 0 Å². The van der Waals surface area contributed by atoms with Crippen LogP contribution in [0.15, 0.2) is 29.3 Å². The third-order valence-electron chi connectivity index (χ3n) is 5.86. The molecular formula is C21H30N6O. The molecule has 2 aliphatic rings. The molecule has 4 rings (SSSR count). The maximum Gasteiger partial charge on any atom is 0.225 e. The molecule has 28 heavy (non-hydrogen) atoms. The number of hydrogen-bond donors (Lipinski definition) is 3. The number of fused-ring (bicyclic) bond motifs is 1. The molecular weight excluding hydrogens is 352 g/mol. The maximum absolute atomic E-state index is 12.6. The first-order chi connectivity index (χ1) is 13.7. The van der Waals surface area contributed by atoms with Crippen LogP contribution in [0.3, 0.4) is 0 Å². The summed E-state index contributed by atoms with van der Waals surface area (Å²) in [6, 6.07) is 8.33. The van der Waals surface area contributed by atoms with Gasteiger partial charge in [0, 0.05) is 45.1 Å². The highest BCUT2D eigenvalue weighted by Crippen LogP contribution is 2.27. The van der Waals surface area contributed by atoms with Crippen molar-refractivity contribution in [2.24, 2.45) is 10.9 Å². The number of likely N-dealkylation sites (tertiary alicyclic amines) is 1. The highest BCUT2D eigenvalue weighted by molar-refractivity contribution is 5.81. The first kappa shape index (κ1) is 18.8. The van der Waals surface area contributed by atoms with Crippen molar-refractivity contribution >= 4 is 22.9 Å². The minimum absolute atomic E-state index is 0.264. The van der Waals surface area contributed by atoms with E-state index in [1.165, 1.54) is 12.8 Å². The Labute approximate surface area is 166 Å². The van der Waals surface area contributed by atoms with Gasteiger partial charge < -0.3 is 20.5 Å².